The van der Waals surface area contributed by atoms with E-state index < -0.39 is 0 Å². The van der Waals surface area contributed by atoms with Gasteiger partial charge in [-0.1, -0.05) is 66.7 Å². The molecule has 0 aliphatic heterocycles. The van der Waals surface area contributed by atoms with Gasteiger partial charge in [-0.15, -0.1) is 0 Å². The molecular weight excluding hydrogens is 284 g/mol. The van der Waals surface area contributed by atoms with Gasteiger partial charge in [0.2, 0.25) is 5.88 Å². The lowest BCUT2D eigenvalue weighted by Gasteiger charge is -2.13. The molecule has 0 spiro atoms. The van der Waals surface area contributed by atoms with Crippen LogP contribution in [0.2, 0.25) is 0 Å². The van der Waals surface area contributed by atoms with Gasteiger partial charge in [0, 0.05) is 12.3 Å². The molecule has 0 unspecified atom stereocenters. The quantitative estimate of drug-likeness (QED) is 0.659. The number of hydrogen-bond donors (Lipinski definition) is 0. The Kier molecular flexibility index (Phi) is 4.79. The van der Waals surface area contributed by atoms with Gasteiger partial charge in [0.05, 0.1) is 18.8 Å². The van der Waals surface area contributed by atoms with E-state index in [0.29, 0.717) is 5.88 Å². The molecule has 0 bridgehead atoms. The third-order valence-corrected chi connectivity index (χ3v) is 3.54. The largest absolute Gasteiger partial charge is 0.481 e. The normalized spacial score (nSPS) is 11.0. The van der Waals surface area contributed by atoms with Gasteiger partial charge in [0.25, 0.3) is 0 Å². The van der Waals surface area contributed by atoms with Crippen LogP contribution < -0.4 is 4.74 Å². The van der Waals surface area contributed by atoms with Crippen LogP contribution in [0.1, 0.15) is 22.9 Å². The Hall–Kier alpha value is -2.94. The SMILES string of the molecule is COc1cccc(/C=N/C(c2ccccc2)c2ccccc2)n1. The van der Waals surface area contributed by atoms with Crippen LogP contribution in [0.25, 0.3) is 0 Å². The van der Waals surface area contributed by atoms with Crippen molar-refractivity contribution in [1.29, 1.82) is 0 Å². The van der Waals surface area contributed by atoms with Gasteiger partial charge in [0.15, 0.2) is 0 Å². The van der Waals surface area contributed by atoms with Gasteiger partial charge in [-0.3, -0.25) is 4.99 Å². The predicted molar refractivity (Wildman–Crippen MR) is 93.1 cm³/mol. The van der Waals surface area contributed by atoms with Crippen molar-refractivity contribution < 1.29 is 4.74 Å². The van der Waals surface area contributed by atoms with E-state index in [-0.39, 0.29) is 6.04 Å². The van der Waals surface area contributed by atoms with Gasteiger partial charge in [-0.25, -0.2) is 4.98 Å². The Bertz CT molecular complexity index is 730. The Labute approximate surface area is 136 Å². The number of nitrogens with zero attached hydrogens (tertiary/aromatic N) is 2. The molecule has 3 nitrogen and oxygen atoms in total. The van der Waals surface area contributed by atoms with Crippen LogP contribution in [0.3, 0.4) is 0 Å². The highest BCUT2D eigenvalue weighted by atomic mass is 16.5. The second kappa shape index (κ2) is 7.36. The molecule has 0 saturated carbocycles. The zero-order chi connectivity index (χ0) is 15.9. The van der Waals surface area contributed by atoms with Crippen LogP contribution in [0.5, 0.6) is 5.88 Å². The lowest BCUT2D eigenvalue weighted by Crippen LogP contribution is -2.00. The summed E-state index contributed by atoms with van der Waals surface area (Å²) in [6.45, 7) is 0. The van der Waals surface area contributed by atoms with Gasteiger partial charge in [-0.2, -0.15) is 0 Å². The van der Waals surface area contributed by atoms with E-state index in [0.717, 1.165) is 16.8 Å². The van der Waals surface area contributed by atoms with Crippen molar-refractivity contribution in [2.24, 2.45) is 4.99 Å². The van der Waals surface area contributed by atoms with Crippen molar-refractivity contribution in [3.63, 3.8) is 0 Å². The average Bonchev–Trinajstić information content (AvgIpc) is 2.64. The molecule has 0 amide bonds. The summed E-state index contributed by atoms with van der Waals surface area (Å²) in [6, 6.07) is 26.1. The van der Waals surface area contributed by atoms with Crippen molar-refractivity contribution >= 4 is 6.21 Å². The van der Waals surface area contributed by atoms with E-state index in [9.17, 15) is 0 Å². The van der Waals surface area contributed by atoms with Crippen LogP contribution in [-0.4, -0.2) is 18.3 Å². The number of aromatic nitrogens is 1. The van der Waals surface area contributed by atoms with E-state index in [1.165, 1.54) is 0 Å². The molecule has 114 valence electrons. The van der Waals surface area contributed by atoms with Crippen molar-refractivity contribution in [2.45, 2.75) is 6.04 Å². The number of pyridine rings is 1. The molecule has 3 aromatic rings. The number of hydrogen-bond acceptors (Lipinski definition) is 3. The van der Waals surface area contributed by atoms with Crippen LogP contribution in [-0.2, 0) is 0 Å². The fourth-order valence-electron chi connectivity index (χ4n) is 2.40. The molecule has 23 heavy (non-hydrogen) atoms. The van der Waals surface area contributed by atoms with E-state index >= 15 is 0 Å². The molecule has 3 heteroatoms. The first-order valence-electron chi connectivity index (χ1n) is 7.51. The second-order valence-corrected chi connectivity index (χ2v) is 5.11. The summed E-state index contributed by atoms with van der Waals surface area (Å²) < 4.78 is 5.16. The smallest absolute Gasteiger partial charge is 0.213 e. The zero-order valence-corrected chi connectivity index (χ0v) is 13.0. The maximum atomic E-state index is 5.16. The predicted octanol–water partition coefficient (Wildman–Crippen LogP) is 4.30. The van der Waals surface area contributed by atoms with Gasteiger partial charge in [0.1, 0.15) is 0 Å². The average molecular weight is 302 g/mol. The molecule has 2 aromatic carbocycles. The highest BCUT2D eigenvalue weighted by molar-refractivity contribution is 5.77. The maximum Gasteiger partial charge on any atom is 0.213 e. The zero-order valence-electron chi connectivity index (χ0n) is 13.0. The molecule has 0 aliphatic carbocycles. The van der Waals surface area contributed by atoms with Crippen LogP contribution >= 0.6 is 0 Å². The minimum absolute atomic E-state index is 0.0506. The van der Waals surface area contributed by atoms with E-state index in [1.54, 1.807) is 13.3 Å². The molecule has 0 N–H and O–H groups in total. The summed E-state index contributed by atoms with van der Waals surface area (Å²) in [4.78, 5) is 9.15. The van der Waals surface area contributed by atoms with E-state index in [2.05, 4.69) is 29.2 Å². The summed E-state index contributed by atoms with van der Waals surface area (Å²) in [7, 11) is 1.61. The molecule has 0 aliphatic rings. The van der Waals surface area contributed by atoms with E-state index in [4.69, 9.17) is 9.73 Å². The number of benzene rings is 2. The Balaban J connectivity index is 1.94. The van der Waals surface area contributed by atoms with Crippen LogP contribution in [0.15, 0.2) is 83.9 Å². The van der Waals surface area contributed by atoms with Gasteiger partial charge >= 0.3 is 0 Å². The van der Waals surface area contributed by atoms with Crippen LogP contribution in [0.4, 0.5) is 0 Å². The molecular formula is C20H18N2O. The third kappa shape index (κ3) is 3.83. The standard InChI is InChI=1S/C20H18N2O/c1-23-19-14-8-13-18(22-19)15-21-20(16-9-4-2-5-10-16)17-11-6-3-7-12-17/h2-15,20H,1H3/b21-15+. The van der Waals surface area contributed by atoms with Gasteiger partial charge < -0.3 is 4.74 Å². The first-order chi connectivity index (χ1) is 11.4. The van der Waals surface area contributed by atoms with Crippen molar-refractivity contribution in [1.82, 2.24) is 4.98 Å². The monoisotopic (exact) mass is 302 g/mol. The fraction of sp³-hybridized carbons (Fsp3) is 0.100. The Morgan fingerprint density at radius 3 is 2.00 bits per heavy atom. The molecule has 0 atom stereocenters. The molecule has 0 fully saturated rings. The second-order valence-electron chi connectivity index (χ2n) is 5.11. The minimum Gasteiger partial charge on any atom is -0.481 e. The number of rotatable bonds is 5. The summed E-state index contributed by atoms with van der Waals surface area (Å²) in [5.74, 6) is 0.588. The third-order valence-electron chi connectivity index (χ3n) is 3.54. The summed E-state index contributed by atoms with van der Waals surface area (Å²) in [6.07, 6.45) is 1.80. The first kappa shape index (κ1) is 15.0. The molecule has 1 heterocycles. The number of aliphatic imine (C=N–C) groups is 1. The highest BCUT2D eigenvalue weighted by Gasteiger charge is 2.11. The topological polar surface area (TPSA) is 34.5 Å². The Morgan fingerprint density at radius 2 is 1.43 bits per heavy atom. The Morgan fingerprint density at radius 1 is 0.826 bits per heavy atom. The number of ether oxygens (including phenoxy) is 1. The summed E-state index contributed by atoms with van der Waals surface area (Å²) >= 11 is 0. The fourth-order valence-corrected chi connectivity index (χ4v) is 2.40. The lowest BCUT2D eigenvalue weighted by molar-refractivity contribution is 0.397. The lowest BCUT2D eigenvalue weighted by atomic mass is 9.99. The van der Waals surface area contributed by atoms with Crippen molar-refractivity contribution in [3.8, 4) is 5.88 Å². The van der Waals surface area contributed by atoms with E-state index in [1.807, 2.05) is 54.6 Å². The highest BCUT2D eigenvalue weighted by Crippen LogP contribution is 2.25. The number of methoxy groups -OCH3 is 1. The van der Waals surface area contributed by atoms with Crippen LogP contribution in [0, 0.1) is 0 Å². The first-order valence-corrected chi connectivity index (χ1v) is 7.51. The van der Waals surface area contributed by atoms with Crippen molar-refractivity contribution in [3.05, 3.63) is 95.7 Å². The summed E-state index contributed by atoms with van der Waals surface area (Å²) in [5, 5.41) is 0. The van der Waals surface area contributed by atoms with Crippen molar-refractivity contribution in [2.75, 3.05) is 7.11 Å². The minimum atomic E-state index is -0.0506. The molecule has 3 rings (SSSR count). The maximum absolute atomic E-state index is 5.16. The molecule has 0 radical (unpaired) electrons. The summed E-state index contributed by atoms with van der Waals surface area (Å²) in [5.41, 5.74) is 3.08. The van der Waals surface area contributed by atoms with Gasteiger partial charge in [-0.05, 0) is 17.2 Å². The molecule has 0 saturated heterocycles. The molecule has 1 aromatic heterocycles.